The lowest BCUT2D eigenvalue weighted by Gasteiger charge is -2.25. The Morgan fingerprint density at radius 2 is 2.00 bits per heavy atom. The van der Waals surface area contributed by atoms with Crippen molar-refractivity contribution < 1.29 is 4.74 Å². The summed E-state index contributed by atoms with van der Waals surface area (Å²) in [6, 6.07) is 2.94. The Morgan fingerprint density at radius 3 is 2.78 bits per heavy atom. The molecule has 3 aliphatic rings. The molecule has 1 aromatic heterocycles. The smallest absolute Gasteiger partial charge is 0.124 e. The summed E-state index contributed by atoms with van der Waals surface area (Å²) in [7, 11) is 0. The standard InChI is InChI=1S/C14H21N3O/c1-2-11(1)13-3-6-15-14-9-12(16-17(13)14)10-4-7-18-8-5-10/h9-11,13,15H,1-8H2. The number of nitrogens with zero attached hydrogens (tertiary/aromatic N) is 2. The van der Waals surface area contributed by atoms with Crippen molar-refractivity contribution in [3.63, 3.8) is 0 Å². The van der Waals surface area contributed by atoms with E-state index in [0.29, 0.717) is 12.0 Å². The second kappa shape index (κ2) is 4.26. The van der Waals surface area contributed by atoms with E-state index in [1.807, 2.05) is 0 Å². The van der Waals surface area contributed by atoms with Crippen molar-refractivity contribution in [3.05, 3.63) is 11.8 Å². The Morgan fingerprint density at radius 1 is 1.17 bits per heavy atom. The molecule has 1 aliphatic carbocycles. The van der Waals surface area contributed by atoms with Gasteiger partial charge >= 0.3 is 0 Å². The average Bonchev–Trinajstić information content (AvgIpc) is 3.17. The van der Waals surface area contributed by atoms with Crippen molar-refractivity contribution in [1.82, 2.24) is 9.78 Å². The van der Waals surface area contributed by atoms with E-state index in [2.05, 4.69) is 16.1 Å². The normalized spacial score (nSPS) is 28.8. The van der Waals surface area contributed by atoms with Crippen LogP contribution in [0.4, 0.5) is 5.82 Å². The first-order valence-corrected chi connectivity index (χ1v) is 7.33. The Kier molecular flexibility index (Phi) is 2.57. The van der Waals surface area contributed by atoms with Gasteiger partial charge in [0.2, 0.25) is 0 Å². The fourth-order valence-corrected chi connectivity index (χ4v) is 3.38. The largest absolute Gasteiger partial charge is 0.381 e. The fraction of sp³-hybridized carbons (Fsp3) is 0.786. The van der Waals surface area contributed by atoms with Gasteiger partial charge < -0.3 is 10.1 Å². The predicted octanol–water partition coefficient (Wildman–Crippen LogP) is 2.54. The zero-order valence-electron chi connectivity index (χ0n) is 10.8. The van der Waals surface area contributed by atoms with Crippen LogP contribution in [0.3, 0.4) is 0 Å². The van der Waals surface area contributed by atoms with Gasteiger partial charge in [0, 0.05) is 31.7 Å². The maximum absolute atomic E-state index is 5.44. The van der Waals surface area contributed by atoms with Crippen LogP contribution in [0.15, 0.2) is 6.07 Å². The van der Waals surface area contributed by atoms with Crippen LogP contribution < -0.4 is 5.32 Å². The van der Waals surface area contributed by atoms with Gasteiger partial charge in [-0.05, 0) is 38.0 Å². The molecule has 2 fully saturated rings. The van der Waals surface area contributed by atoms with Crippen molar-refractivity contribution in [2.75, 3.05) is 25.1 Å². The summed E-state index contributed by atoms with van der Waals surface area (Å²) in [5.74, 6) is 2.76. The van der Waals surface area contributed by atoms with Crippen LogP contribution >= 0.6 is 0 Å². The first-order valence-electron chi connectivity index (χ1n) is 7.33. The highest BCUT2D eigenvalue weighted by atomic mass is 16.5. The minimum Gasteiger partial charge on any atom is -0.381 e. The number of nitrogens with one attached hydrogen (secondary N) is 1. The number of aromatic nitrogens is 2. The van der Waals surface area contributed by atoms with Gasteiger partial charge in [-0.25, -0.2) is 4.68 Å². The minimum absolute atomic E-state index is 0.610. The molecule has 1 N–H and O–H groups in total. The Balaban J connectivity index is 1.61. The molecule has 18 heavy (non-hydrogen) atoms. The van der Waals surface area contributed by atoms with Crippen LogP contribution in [-0.2, 0) is 4.74 Å². The topological polar surface area (TPSA) is 39.1 Å². The summed E-state index contributed by atoms with van der Waals surface area (Å²) < 4.78 is 7.73. The Labute approximate surface area is 108 Å². The molecule has 0 radical (unpaired) electrons. The van der Waals surface area contributed by atoms with Gasteiger partial charge in [0.1, 0.15) is 5.82 Å². The lowest BCUT2D eigenvalue weighted by Crippen LogP contribution is -2.24. The zero-order chi connectivity index (χ0) is 11.9. The van der Waals surface area contributed by atoms with Crippen molar-refractivity contribution >= 4 is 5.82 Å². The third-order valence-electron chi connectivity index (χ3n) is 4.62. The molecule has 0 spiro atoms. The highest BCUT2D eigenvalue weighted by Crippen LogP contribution is 2.44. The van der Waals surface area contributed by atoms with Gasteiger partial charge in [-0.3, -0.25) is 0 Å². The molecule has 1 aromatic rings. The first kappa shape index (κ1) is 10.9. The van der Waals surface area contributed by atoms with Gasteiger partial charge in [0.05, 0.1) is 11.7 Å². The Hall–Kier alpha value is -1.03. The van der Waals surface area contributed by atoms with Crippen molar-refractivity contribution in [2.24, 2.45) is 5.92 Å². The molecule has 0 aromatic carbocycles. The number of rotatable bonds is 2. The summed E-state index contributed by atoms with van der Waals surface area (Å²) in [5, 5.41) is 8.42. The summed E-state index contributed by atoms with van der Waals surface area (Å²) >= 11 is 0. The number of ether oxygens (including phenoxy) is 1. The summed E-state index contributed by atoms with van der Waals surface area (Å²) in [5.41, 5.74) is 1.29. The van der Waals surface area contributed by atoms with E-state index in [1.54, 1.807) is 0 Å². The number of fused-ring (bicyclic) bond motifs is 1. The van der Waals surface area contributed by atoms with Crippen molar-refractivity contribution in [2.45, 2.75) is 44.1 Å². The molecule has 1 atom stereocenters. The third kappa shape index (κ3) is 1.83. The molecule has 3 heterocycles. The number of hydrogen-bond donors (Lipinski definition) is 1. The lowest BCUT2D eigenvalue weighted by molar-refractivity contribution is 0.0843. The quantitative estimate of drug-likeness (QED) is 0.873. The van der Waals surface area contributed by atoms with E-state index < -0.39 is 0 Å². The molecule has 1 unspecified atom stereocenters. The highest BCUT2D eigenvalue weighted by Gasteiger charge is 2.36. The number of anilines is 1. The van der Waals surface area contributed by atoms with Gasteiger partial charge in [0.25, 0.3) is 0 Å². The van der Waals surface area contributed by atoms with Crippen molar-refractivity contribution in [1.29, 1.82) is 0 Å². The molecule has 0 amide bonds. The second-order valence-electron chi connectivity index (χ2n) is 5.91. The molecule has 1 saturated heterocycles. The summed E-state index contributed by atoms with van der Waals surface area (Å²) in [6.07, 6.45) is 6.30. The van der Waals surface area contributed by atoms with E-state index in [-0.39, 0.29) is 0 Å². The minimum atomic E-state index is 0.610. The van der Waals surface area contributed by atoms with Crippen molar-refractivity contribution in [3.8, 4) is 0 Å². The predicted molar refractivity (Wildman–Crippen MR) is 69.9 cm³/mol. The van der Waals surface area contributed by atoms with E-state index in [0.717, 1.165) is 38.5 Å². The van der Waals surface area contributed by atoms with Gasteiger partial charge in [-0.2, -0.15) is 5.10 Å². The van der Waals surface area contributed by atoms with Crippen LogP contribution in [0.2, 0.25) is 0 Å². The molecule has 2 aliphatic heterocycles. The van der Waals surface area contributed by atoms with Crippen LogP contribution in [-0.4, -0.2) is 29.5 Å². The summed E-state index contributed by atoms with van der Waals surface area (Å²) in [4.78, 5) is 0. The molecular formula is C14H21N3O. The molecule has 0 bridgehead atoms. The van der Waals surface area contributed by atoms with Crippen LogP contribution in [0.25, 0.3) is 0 Å². The van der Waals surface area contributed by atoms with Crippen LogP contribution in [0, 0.1) is 5.92 Å². The fourth-order valence-electron chi connectivity index (χ4n) is 3.38. The highest BCUT2D eigenvalue weighted by molar-refractivity contribution is 5.40. The van der Waals surface area contributed by atoms with Gasteiger partial charge in [-0.15, -0.1) is 0 Å². The molecule has 98 valence electrons. The maximum Gasteiger partial charge on any atom is 0.124 e. The van der Waals surface area contributed by atoms with Crippen LogP contribution in [0.1, 0.15) is 49.8 Å². The molecule has 4 rings (SSSR count). The third-order valence-corrected chi connectivity index (χ3v) is 4.62. The average molecular weight is 247 g/mol. The zero-order valence-corrected chi connectivity index (χ0v) is 10.8. The molecule has 4 heteroatoms. The van der Waals surface area contributed by atoms with E-state index in [4.69, 9.17) is 9.84 Å². The SMILES string of the molecule is c1c(C2CCOCC2)nn2c1NCCC2C1CC1. The molecule has 4 nitrogen and oxygen atoms in total. The Bertz CT molecular complexity index is 432. The van der Waals surface area contributed by atoms with E-state index >= 15 is 0 Å². The molecule has 1 saturated carbocycles. The van der Waals surface area contributed by atoms with E-state index in [1.165, 1.54) is 30.8 Å². The first-order chi connectivity index (χ1) is 8.92. The number of hydrogen-bond acceptors (Lipinski definition) is 3. The molecular weight excluding hydrogens is 226 g/mol. The lowest BCUT2D eigenvalue weighted by atomic mass is 9.97. The van der Waals surface area contributed by atoms with Crippen LogP contribution in [0.5, 0.6) is 0 Å². The second-order valence-corrected chi connectivity index (χ2v) is 5.91. The monoisotopic (exact) mass is 247 g/mol. The van der Waals surface area contributed by atoms with Gasteiger partial charge in [0.15, 0.2) is 0 Å². The van der Waals surface area contributed by atoms with E-state index in [9.17, 15) is 0 Å². The summed E-state index contributed by atoms with van der Waals surface area (Å²) in [6.45, 7) is 2.90. The van der Waals surface area contributed by atoms with Gasteiger partial charge in [-0.1, -0.05) is 0 Å². The maximum atomic E-state index is 5.44.